The summed E-state index contributed by atoms with van der Waals surface area (Å²) in [5.41, 5.74) is 0.288. The molecule has 1 aliphatic rings. The number of rotatable bonds is 0. The Morgan fingerprint density at radius 3 is 2.70 bits per heavy atom. The predicted octanol–water partition coefficient (Wildman–Crippen LogP) is 1.20. The Bertz CT molecular complexity index is 85.6. The quantitative estimate of drug-likeness (QED) is 0.583. The number of hydrogen-bond acceptors (Lipinski definition) is 2. The fraction of sp³-hybridized carbons (Fsp3) is 1.00. The lowest BCUT2D eigenvalue weighted by atomic mass is 10.0. The van der Waals surface area contributed by atoms with Crippen molar-refractivity contribution in [1.82, 2.24) is 5.32 Å². The van der Waals surface area contributed by atoms with Crippen LogP contribution in [0.25, 0.3) is 0 Å². The topological polar surface area (TPSA) is 21.3 Å². The third-order valence-electron chi connectivity index (χ3n) is 1.72. The molecule has 0 saturated carbocycles. The van der Waals surface area contributed by atoms with Gasteiger partial charge in [-0.1, -0.05) is 0 Å². The van der Waals surface area contributed by atoms with Crippen molar-refractivity contribution in [2.75, 3.05) is 19.8 Å². The van der Waals surface area contributed by atoms with Crippen molar-refractivity contribution in [3.8, 4) is 0 Å². The Hall–Kier alpha value is 0.210. The Morgan fingerprint density at radius 1 is 1.30 bits per heavy atom. The fourth-order valence-electron chi connectivity index (χ4n) is 0.979. The van der Waals surface area contributed by atoms with Crippen LogP contribution >= 0.6 is 12.4 Å². The molecule has 62 valence electrons. The van der Waals surface area contributed by atoms with Crippen LogP contribution in [0.2, 0.25) is 0 Å². The predicted molar refractivity (Wildman–Crippen MR) is 44.8 cm³/mol. The molecule has 3 heteroatoms. The Kier molecular flexibility index (Phi) is 4.25. The van der Waals surface area contributed by atoms with Crippen molar-refractivity contribution in [3.63, 3.8) is 0 Å². The highest BCUT2D eigenvalue weighted by Gasteiger charge is 2.18. The van der Waals surface area contributed by atoms with Gasteiger partial charge in [0.2, 0.25) is 0 Å². The average Bonchev–Trinajstić information content (AvgIpc) is 1.92. The third kappa shape index (κ3) is 3.40. The number of halogens is 1. The monoisotopic (exact) mass is 165 g/mol. The molecule has 1 heterocycles. The van der Waals surface area contributed by atoms with Gasteiger partial charge in [0, 0.05) is 18.7 Å². The second-order valence-electron chi connectivity index (χ2n) is 3.17. The summed E-state index contributed by atoms with van der Waals surface area (Å²) in [6.45, 7) is 7.18. The van der Waals surface area contributed by atoms with E-state index >= 15 is 0 Å². The van der Waals surface area contributed by atoms with E-state index in [1.54, 1.807) is 0 Å². The Labute approximate surface area is 68.7 Å². The van der Waals surface area contributed by atoms with Gasteiger partial charge in [-0.2, -0.15) is 0 Å². The first-order valence-corrected chi connectivity index (χ1v) is 3.53. The molecule has 0 spiro atoms. The van der Waals surface area contributed by atoms with Crippen molar-refractivity contribution < 1.29 is 4.74 Å². The van der Waals surface area contributed by atoms with E-state index in [1.165, 1.54) is 0 Å². The van der Waals surface area contributed by atoms with E-state index in [1.807, 2.05) is 0 Å². The van der Waals surface area contributed by atoms with Gasteiger partial charge in [0.1, 0.15) is 0 Å². The molecule has 0 aromatic carbocycles. The van der Waals surface area contributed by atoms with E-state index in [2.05, 4.69) is 19.2 Å². The highest BCUT2D eigenvalue weighted by atomic mass is 35.5. The minimum absolute atomic E-state index is 0. The highest BCUT2D eigenvalue weighted by Crippen LogP contribution is 2.09. The molecule has 0 unspecified atom stereocenters. The zero-order valence-corrected chi connectivity index (χ0v) is 7.46. The minimum Gasteiger partial charge on any atom is -0.380 e. The molecule has 10 heavy (non-hydrogen) atoms. The van der Waals surface area contributed by atoms with Gasteiger partial charge >= 0.3 is 0 Å². The molecule has 1 saturated heterocycles. The highest BCUT2D eigenvalue weighted by molar-refractivity contribution is 5.85. The molecule has 0 aliphatic carbocycles. The summed E-state index contributed by atoms with van der Waals surface area (Å²) in [5.74, 6) is 0. The van der Waals surface area contributed by atoms with E-state index < -0.39 is 0 Å². The third-order valence-corrected chi connectivity index (χ3v) is 1.72. The minimum atomic E-state index is 0. The summed E-state index contributed by atoms with van der Waals surface area (Å²) >= 11 is 0. The van der Waals surface area contributed by atoms with Crippen LogP contribution in [-0.2, 0) is 4.74 Å². The first kappa shape index (κ1) is 10.2. The Morgan fingerprint density at radius 2 is 2.00 bits per heavy atom. The van der Waals surface area contributed by atoms with Gasteiger partial charge in [-0.3, -0.25) is 0 Å². The second kappa shape index (κ2) is 4.16. The van der Waals surface area contributed by atoms with Crippen molar-refractivity contribution in [2.24, 2.45) is 0 Å². The number of ether oxygens (including phenoxy) is 1. The fourth-order valence-corrected chi connectivity index (χ4v) is 0.979. The van der Waals surface area contributed by atoms with Crippen LogP contribution in [0.5, 0.6) is 0 Å². The summed E-state index contributed by atoms with van der Waals surface area (Å²) < 4.78 is 5.27. The zero-order valence-electron chi connectivity index (χ0n) is 6.64. The van der Waals surface area contributed by atoms with Crippen LogP contribution in [-0.4, -0.2) is 25.3 Å². The van der Waals surface area contributed by atoms with Crippen molar-refractivity contribution in [1.29, 1.82) is 0 Å². The van der Waals surface area contributed by atoms with E-state index in [0.29, 0.717) is 0 Å². The summed E-state index contributed by atoms with van der Waals surface area (Å²) in [7, 11) is 0. The smallest absolute Gasteiger partial charge is 0.0591 e. The van der Waals surface area contributed by atoms with Crippen LogP contribution in [0.15, 0.2) is 0 Å². The largest absolute Gasteiger partial charge is 0.380 e. The van der Waals surface area contributed by atoms with Crippen LogP contribution in [0.1, 0.15) is 20.3 Å². The maximum absolute atomic E-state index is 5.27. The molecular weight excluding hydrogens is 150 g/mol. The van der Waals surface area contributed by atoms with Gasteiger partial charge in [0.05, 0.1) is 6.61 Å². The van der Waals surface area contributed by atoms with Gasteiger partial charge in [-0.25, -0.2) is 0 Å². The van der Waals surface area contributed by atoms with Gasteiger partial charge in [-0.15, -0.1) is 12.4 Å². The molecule has 1 aliphatic heterocycles. The lowest BCUT2D eigenvalue weighted by Crippen LogP contribution is -2.39. The lowest BCUT2D eigenvalue weighted by Gasteiger charge is -2.22. The average molecular weight is 166 g/mol. The molecule has 0 atom stereocenters. The molecule has 0 radical (unpaired) electrons. The van der Waals surface area contributed by atoms with Gasteiger partial charge in [0.25, 0.3) is 0 Å². The van der Waals surface area contributed by atoms with Crippen molar-refractivity contribution in [2.45, 2.75) is 25.8 Å². The first-order chi connectivity index (χ1) is 4.21. The molecule has 0 bridgehead atoms. The number of hydrogen-bond donors (Lipinski definition) is 1. The molecule has 1 rings (SSSR count). The lowest BCUT2D eigenvalue weighted by molar-refractivity contribution is 0.147. The first-order valence-electron chi connectivity index (χ1n) is 3.53. The molecule has 0 amide bonds. The van der Waals surface area contributed by atoms with Crippen molar-refractivity contribution >= 4 is 12.4 Å². The molecule has 1 N–H and O–H groups in total. The van der Waals surface area contributed by atoms with Crippen LogP contribution < -0.4 is 5.32 Å². The van der Waals surface area contributed by atoms with Gasteiger partial charge < -0.3 is 10.1 Å². The second-order valence-corrected chi connectivity index (χ2v) is 3.17. The van der Waals surface area contributed by atoms with Crippen molar-refractivity contribution in [3.05, 3.63) is 0 Å². The van der Waals surface area contributed by atoms with Crippen LogP contribution in [0, 0.1) is 0 Å². The summed E-state index contributed by atoms with van der Waals surface area (Å²) in [4.78, 5) is 0. The SMILES string of the molecule is CC1(C)CCOCCN1.Cl. The van der Waals surface area contributed by atoms with E-state index in [4.69, 9.17) is 4.74 Å². The standard InChI is InChI=1S/C7H15NO.ClH/c1-7(2)3-5-9-6-4-8-7;/h8H,3-6H2,1-2H3;1H. The maximum atomic E-state index is 5.27. The summed E-state index contributed by atoms with van der Waals surface area (Å²) in [5, 5.41) is 3.40. The molecule has 2 nitrogen and oxygen atoms in total. The normalized spacial score (nSPS) is 24.6. The Balaban J connectivity index is 0.000000810. The van der Waals surface area contributed by atoms with E-state index in [9.17, 15) is 0 Å². The maximum Gasteiger partial charge on any atom is 0.0591 e. The van der Waals surface area contributed by atoms with Crippen LogP contribution in [0.3, 0.4) is 0 Å². The molecule has 1 fully saturated rings. The number of nitrogens with one attached hydrogen (secondary N) is 1. The summed E-state index contributed by atoms with van der Waals surface area (Å²) in [6.07, 6.45) is 1.12. The molecule has 0 aromatic heterocycles. The van der Waals surface area contributed by atoms with Gasteiger partial charge in [0.15, 0.2) is 0 Å². The van der Waals surface area contributed by atoms with Crippen LogP contribution in [0.4, 0.5) is 0 Å². The summed E-state index contributed by atoms with van der Waals surface area (Å²) in [6, 6.07) is 0. The molecule has 0 aromatic rings. The molecular formula is C7H16ClNO. The zero-order chi connectivity index (χ0) is 6.74. The van der Waals surface area contributed by atoms with E-state index in [0.717, 1.165) is 26.2 Å². The van der Waals surface area contributed by atoms with E-state index in [-0.39, 0.29) is 17.9 Å². The van der Waals surface area contributed by atoms with Gasteiger partial charge in [-0.05, 0) is 20.3 Å².